The van der Waals surface area contributed by atoms with E-state index in [0.717, 1.165) is 10.9 Å². The van der Waals surface area contributed by atoms with Crippen LogP contribution in [0.25, 0.3) is 0 Å². The van der Waals surface area contributed by atoms with Gasteiger partial charge >= 0.3 is 24.5 Å². The number of carbonyl (C=O) groups is 1. The second kappa shape index (κ2) is 13.1. The Balaban J connectivity index is 1.62. The Morgan fingerprint density at radius 3 is 2.04 bits per heavy atom. The highest BCUT2D eigenvalue weighted by Crippen LogP contribution is 2.45. The Labute approximate surface area is 268 Å². The van der Waals surface area contributed by atoms with Gasteiger partial charge in [0.25, 0.3) is 5.95 Å². The molecule has 2 aliphatic rings. The first kappa shape index (κ1) is 35.2. The number of benzene rings is 2. The molecule has 0 radical (unpaired) electrons. The third kappa shape index (κ3) is 7.79. The van der Waals surface area contributed by atoms with E-state index in [0.29, 0.717) is 56.6 Å². The molecule has 1 unspecified atom stereocenters. The number of hydrogen-bond donors (Lipinski definition) is 1. The number of aromatic nitrogens is 4. The van der Waals surface area contributed by atoms with Crippen molar-refractivity contribution < 1.29 is 49.4 Å². The van der Waals surface area contributed by atoms with Crippen molar-refractivity contribution in [3.05, 3.63) is 63.7 Å². The van der Waals surface area contributed by atoms with Crippen molar-refractivity contribution in [2.24, 2.45) is 7.05 Å². The Morgan fingerprint density at radius 1 is 0.896 bits per heavy atom. The molecule has 0 bridgehead atoms. The fraction of sp³-hybridized carbons (Fsp3) is 0.533. The summed E-state index contributed by atoms with van der Waals surface area (Å²) in [5, 5.41) is 21.1. The van der Waals surface area contributed by atoms with E-state index >= 15 is 0 Å². The van der Waals surface area contributed by atoms with Gasteiger partial charge in [0.15, 0.2) is 0 Å². The van der Waals surface area contributed by atoms with Crippen molar-refractivity contribution in [3.8, 4) is 0 Å². The Bertz CT molecular complexity index is 1600. The number of anilines is 2. The van der Waals surface area contributed by atoms with Crippen molar-refractivity contribution >= 4 is 17.6 Å². The number of likely N-dealkylation sites (tertiary alicyclic amines) is 1. The van der Waals surface area contributed by atoms with Crippen molar-refractivity contribution in [1.29, 1.82) is 0 Å². The fourth-order valence-corrected chi connectivity index (χ4v) is 6.57. The van der Waals surface area contributed by atoms with E-state index in [-0.39, 0.29) is 47.8 Å². The molecule has 0 spiro atoms. The van der Waals surface area contributed by atoms with E-state index in [9.17, 15) is 49.4 Å². The van der Waals surface area contributed by atoms with Gasteiger partial charge in [0.1, 0.15) is 0 Å². The molecular formula is C30H32F9N7O2. The second-order valence-corrected chi connectivity index (χ2v) is 12.1. The number of aliphatic carboxylic acids is 1. The molecule has 0 aliphatic carbocycles. The summed E-state index contributed by atoms with van der Waals surface area (Å²) in [6.07, 6.45) is -13.3. The molecule has 1 aromatic heterocycles. The van der Waals surface area contributed by atoms with Crippen LogP contribution in [0.4, 0.5) is 51.1 Å². The van der Waals surface area contributed by atoms with Crippen LogP contribution in [0, 0.1) is 6.92 Å². The van der Waals surface area contributed by atoms with Gasteiger partial charge in [0.05, 0.1) is 36.3 Å². The number of nitrogens with zero attached hydrogens (tertiary/aromatic N) is 7. The lowest BCUT2D eigenvalue weighted by molar-refractivity contribution is -0.143. The number of fused-ring (bicyclic) bond motifs is 1. The monoisotopic (exact) mass is 693 g/mol. The number of halogens is 9. The van der Waals surface area contributed by atoms with Gasteiger partial charge in [-0.25, -0.2) is 0 Å². The number of aryl methyl sites for hydroxylation is 2. The smallest absolute Gasteiger partial charge is 0.416 e. The van der Waals surface area contributed by atoms with Crippen molar-refractivity contribution in [2.45, 2.75) is 69.8 Å². The third-order valence-electron chi connectivity index (χ3n) is 8.71. The largest absolute Gasteiger partial charge is 0.480 e. The summed E-state index contributed by atoms with van der Waals surface area (Å²) in [4.78, 5) is 17.3. The lowest BCUT2D eigenvalue weighted by Gasteiger charge is -2.40. The van der Waals surface area contributed by atoms with Gasteiger partial charge in [-0.15, -0.1) is 5.10 Å². The fourth-order valence-electron chi connectivity index (χ4n) is 6.57. The molecule has 3 aromatic rings. The van der Waals surface area contributed by atoms with Gasteiger partial charge in [-0.2, -0.15) is 44.3 Å². The molecule has 0 amide bonds. The molecule has 1 N–H and O–H groups in total. The molecule has 1 saturated heterocycles. The minimum absolute atomic E-state index is 0.0248. The van der Waals surface area contributed by atoms with Crippen LogP contribution in [0.1, 0.15) is 65.1 Å². The van der Waals surface area contributed by atoms with Crippen LogP contribution in [-0.2, 0) is 36.9 Å². The summed E-state index contributed by atoms with van der Waals surface area (Å²) >= 11 is 0. The van der Waals surface area contributed by atoms with Crippen LogP contribution in [0.3, 0.4) is 0 Å². The average molecular weight is 694 g/mol. The molecule has 2 aromatic carbocycles. The molecule has 1 fully saturated rings. The molecular weight excluding hydrogens is 661 g/mol. The highest BCUT2D eigenvalue weighted by atomic mass is 19.4. The van der Waals surface area contributed by atoms with Crippen LogP contribution >= 0.6 is 0 Å². The molecule has 9 nitrogen and oxygen atoms in total. The molecule has 48 heavy (non-hydrogen) atoms. The van der Waals surface area contributed by atoms with Crippen molar-refractivity contribution in [2.75, 3.05) is 36.0 Å². The minimum Gasteiger partial charge on any atom is -0.480 e. The summed E-state index contributed by atoms with van der Waals surface area (Å²) in [5.41, 5.74) is -3.77. The molecule has 18 heteroatoms. The Morgan fingerprint density at radius 2 is 1.52 bits per heavy atom. The standard InChI is InChI=1S/C30H32F9N7O2/c1-17-10-22-24(4-3-7-45(25(22)14-23(17)30(37,38)39)21-5-8-44(9-6-21)16-26(47)48)46(27-40-42-43(2)41-27)15-18-11-19(28(31,32)33)13-20(12-18)29(34,35)36/h10-14,21,24H,3-9,15-16H2,1-2H3,(H,47,48). The molecule has 5 rings (SSSR count). The number of alkyl halides is 9. The summed E-state index contributed by atoms with van der Waals surface area (Å²) in [5.74, 6) is -1.13. The SMILES string of the molecule is Cc1cc2c(cc1C(F)(F)F)N(C1CCN(CC(=O)O)CC1)CCCC2N(Cc1cc(C(F)(F)F)cc(C(F)(F)F)c1)c1nnn(C)n1. The maximum absolute atomic E-state index is 14.2. The van der Waals surface area contributed by atoms with E-state index in [1.54, 1.807) is 4.90 Å². The Hall–Kier alpha value is -4.09. The van der Waals surface area contributed by atoms with Gasteiger partial charge < -0.3 is 14.9 Å². The van der Waals surface area contributed by atoms with Crippen LogP contribution in [0.5, 0.6) is 0 Å². The van der Waals surface area contributed by atoms with Crippen LogP contribution in [-0.4, -0.2) is 68.4 Å². The predicted molar refractivity (Wildman–Crippen MR) is 154 cm³/mol. The normalized spacial score (nSPS) is 18.5. The van der Waals surface area contributed by atoms with Gasteiger partial charge in [-0.05, 0) is 78.8 Å². The number of rotatable bonds is 7. The number of carboxylic acids is 1. The summed E-state index contributed by atoms with van der Waals surface area (Å²) in [6, 6.07) is 2.51. The topological polar surface area (TPSA) is 90.6 Å². The van der Waals surface area contributed by atoms with E-state index in [1.165, 1.54) is 24.9 Å². The second-order valence-electron chi connectivity index (χ2n) is 12.1. The zero-order valence-electron chi connectivity index (χ0n) is 25.8. The zero-order valence-corrected chi connectivity index (χ0v) is 25.8. The lowest BCUT2D eigenvalue weighted by atomic mass is 9.93. The first-order valence-electron chi connectivity index (χ1n) is 15.0. The lowest BCUT2D eigenvalue weighted by Crippen LogP contribution is -2.46. The summed E-state index contributed by atoms with van der Waals surface area (Å²) < 4.78 is 125. The molecule has 3 heterocycles. The van der Waals surface area contributed by atoms with Gasteiger partial charge in [-0.1, -0.05) is 11.2 Å². The average Bonchev–Trinajstić information content (AvgIpc) is 3.32. The quantitative estimate of drug-likeness (QED) is 0.282. The van der Waals surface area contributed by atoms with Crippen LogP contribution in [0.15, 0.2) is 30.3 Å². The first-order chi connectivity index (χ1) is 22.3. The minimum atomic E-state index is -5.09. The van der Waals surface area contributed by atoms with Crippen molar-refractivity contribution in [3.63, 3.8) is 0 Å². The van der Waals surface area contributed by atoms with E-state index < -0.39 is 53.8 Å². The Kier molecular flexibility index (Phi) is 9.60. The number of piperidine rings is 1. The number of tetrazole rings is 1. The maximum atomic E-state index is 14.2. The predicted octanol–water partition coefficient (Wildman–Crippen LogP) is 6.47. The number of hydrogen-bond acceptors (Lipinski definition) is 7. The molecule has 1 atom stereocenters. The highest BCUT2D eigenvalue weighted by molar-refractivity contribution is 5.69. The van der Waals surface area contributed by atoms with Gasteiger partial charge in [-0.3, -0.25) is 9.69 Å². The van der Waals surface area contributed by atoms with E-state index in [4.69, 9.17) is 0 Å². The molecule has 2 aliphatic heterocycles. The van der Waals surface area contributed by atoms with Crippen LogP contribution in [0.2, 0.25) is 0 Å². The summed E-state index contributed by atoms with van der Waals surface area (Å²) in [7, 11) is 1.42. The molecule has 0 saturated carbocycles. The molecule has 262 valence electrons. The van der Waals surface area contributed by atoms with Crippen LogP contribution < -0.4 is 9.80 Å². The number of carboxylic acid groups (broad SMARTS) is 1. The third-order valence-corrected chi connectivity index (χ3v) is 8.71. The van der Waals surface area contributed by atoms with E-state index in [1.807, 2.05) is 4.90 Å². The summed E-state index contributed by atoms with van der Waals surface area (Å²) in [6.45, 7) is 1.67. The van der Waals surface area contributed by atoms with Gasteiger partial charge in [0, 0.05) is 37.9 Å². The first-order valence-corrected chi connectivity index (χ1v) is 15.0. The maximum Gasteiger partial charge on any atom is 0.416 e. The highest BCUT2D eigenvalue weighted by Gasteiger charge is 2.40. The van der Waals surface area contributed by atoms with E-state index in [2.05, 4.69) is 15.4 Å². The zero-order chi connectivity index (χ0) is 35.2. The van der Waals surface area contributed by atoms with Gasteiger partial charge in [0.2, 0.25) is 0 Å². The van der Waals surface area contributed by atoms with Crippen molar-refractivity contribution in [1.82, 2.24) is 25.1 Å².